The molecule has 5 nitrogen and oxygen atoms in total. The summed E-state index contributed by atoms with van der Waals surface area (Å²) in [6.07, 6.45) is 2.27. The van der Waals surface area contributed by atoms with Gasteiger partial charge in [-0.05, 0) is 20.3 Å². The number of hydrogen-bond acceptors (Lipinski definition) is 4. The van der Waals surface area contributed by atoms with Crippen molar-refractivity contribution in [3.05, 3.63) is 17.5 Å². The number of rotatable bonds is 4. The summed E-state index contributed by atoms with van der Waals surface area (Å²) in [6.45, 7) is 5.77. The van der Waals surface area contributed by atoms with Crippen molar-refractivity contribution < 1.29 is 4.74 Å². The first kappa shape index (κ1) is 11.4. The van der Waals surface area contributed by atoms with E-state index in [-0.39, 0.29) is 11.9 Å². The summed E-state index contributed by atoms with van der Waals surface area (Å²) in [4.78, 5) is 8.19. The standard InChI is InChI=1S/C10H16N4O/c1-4-8-7(9(11)12)5-13-10(14-8)15-6(2)3/h5-6H,4H2,1-3H3,(H3,11,12). The van der Waals surface area contributed by atoms with Gasteiger partial charge in [-0.3, -0.25) is 5.41 Å². The van der Waals surface area contributed by atoms with Crippen molar-refractivity contribution in [1.29, 1.82) is 5.41 Å². The predicted octanol–water partition coefficient (Wildman–Crippen LogP) is 1.11. The highest BCUT2D eigenvalue weighted by atomic mass is 16.5. The number of nitrogens with zero attached hydrogens (tertiary/aromatic N) is 2. The van der Waals surface area contributed by atoms with Crippen molar-refractivity contribution in [1.82, 2.24) is 9.97 Å². The molecule has 0 spiro atoms. The minimum Gasteiger partial charge on any atom is -0.461 e. The molecule has 0 radical (unpaired) electrons. The molecule has 1 heterocycles. The second-order valence-corrected chi connectivity index (χ2v) is 3.45. The molecule has 3 N–H and O–H groups in total. The molecule has 82 valence electrons. The average Bonchev–Trinajstić information content (AvgIpc) is 2.16. The third-order valence-electron chi connectivity index (χ3n) is 1.81. The van der Waals surface area contributed by atoms with Gasteiger partial charge in [-0.2, -0.15) is 4.98 Å². The Bertz CT molecular complexity index is 362. The van der Waals surface area contributed by atoms with E-state index in [2.05, 4.69) is 9.97 Å². The molecule has 1 aromatic rings. The molecule has 0 amide bonds. The number of aryl methyl sites for hydroxylation is 1. The molecule has 1 rings (SSSR count). The van der Waals surface area contributed by atoms with E-state index >= 15 is 0 Å². The van der Waals surface area contributed by atoms with Crippen molar-refractivity contribution in [3.63, 3.8) is 0 Å². The molecule has 0 saturated carbocycles. The van der Waals surface area contributed by atoms with Crippen LogP contribution < -0.4 is 10.5 Å². The van der Waals surface area contributed by atoms with Crippen molar-refractivity contribution in [3.8, 4) is 6.01 Å². The molecule has 0 bridgehead atoms. The summed E-state index contributed by atoms with van der Waals surface area (Å²) in [5.41, 5.74) is 6.73. The Kier molecular flexibility index (Phi) is 3.60. The molecule has 15 heavy (non-hydrogen) atoms. The highest BCUT2D eigenvalue weighted by Gasteiger charge is 2.09. The number of amidine groups is 1. The van der Waals surface area contributed by atoms with Crippen LogP contribution in [-0.2, 0) is 6.42 Å². The van der Waals surface area contributed by atoms with Crippen LogP contribution in [0.5, 0.6) is 6.01 Å². The minimum absolute atomic E-state index is 0.0112. The maximum atomic E-state index is 7.35. The summed E-state index contributed by atoms with van der Waals surface area (Å²) >= 11 is 0. The molecular formula is C10H16N4O. The maximum Gasteiger partial charge on any atom is 0.316 e. The first-order valence-corrected chi connectivity index (χ1v) is 4.91. The van der Waals surface area contributed by atoms with Gasteiger partial charge in [-0.1, -0.05) is 6.92 Å². The molecule has 1 aromatic heterocycles. The lowest BCUT2D eigenvalue weighted by Gasteiger charge is -2.10. The van der Waals surface area contributed by atoms with Crippen molar-refractivity contribution in [2.75, 3.05) is 0 Å². The highest BCUT2D eigenvalue weighted by Crippen LogP contribution is 2.11. The lowest BCUT2D eigenvalue weighted by atomic mass is 10.2. The number of ether oxygens (including phenoxy) is 1. The molecule has 0 saturated heterocycles. The predicted molar refractivity (Wildman–Crippen MR) is 58.2 cm³/mol. The molecular weight excluding hydrogens is 192 g/mol. The third kappa shape index (κ3) is 2.90. The van der Waals surface area contributed by atoms with Crippen molar-refractivity contribution in [2.24, 2.45) is 5.73 Å². The fourth-order valence-corrected chi connectivity index (χ4v) is 1.16. The number of nitrogen functional groups attached to an aromatic ring is 1. The lowest BCUT2D eigenvalue weighted by Crippen LogP contribution is -2.17. The van der Waals surface area contributed by atoms with E-state index in [1.54, 1.807) is 0 Å². The van der Waals surface area contributed by atoms with Gasteiger partial charge in [0.2, 0.25) is 0 Å². The van der Waals surface area contributed by atoms with Crippen molar-refractivity contribution >= 4 is 5.84 Å². The molecule has 0 aliphatic rings. The minimum atomic E-state index is -0.0112. The Labute approximate surface area is 89.2 Å². The number of nitrogens with one attached hydrogen (secondary N) is 1. The van der Waals surface area contributed by atoms with E-state index in [0.717, 1.165) is 5.69 Å². The van der Waals surface area contributed by atoms with Gasteiger partial charge in [0, 0.05) is 6.20 Å². The Hall–Kier alpha value is -1.65. The Morgan fingerprint density at radius 1 is 1.60 bits per heavy atom. The van der Waals surface area contributed by atoms with Gasteiger partial charge in [0.05, 0.1) is 17.4 Å². The second kappa shape index (κ2) is 4.72. The fraction of sp³-hybridized carbons (Fsp3) is 0.500. The van der Waals surface area contributed by atoms with Crippen LogP contribution in [0.2, 0.25) is 0 Å². The zero-order chi connectivity index (χ0) is 11.4. The van der Waals surface area contributed by atoms with Gasteiger partial charge in [0.25, 0.3) is 0 Å². The molecule has 5 heteroatoms. The summed E-state index contributed by atoms with van der Waals surface area (Å²) in [5.74, 6) is -0.0112. The molecule has 0 aliphatic heterocycles. The molecule has 0 atom stereocenters. The second-order valence-electron chi connectivity index (χ2n) is 3.45. The molecule has 0 unspecified atom stereocenters. The summed E-state index contributed by atoms with van der Waals surface area (Å²) in [6, 6.07) is 0.340. The van der Waals surface area contributed by atoms with Gasteiger partial charge in [0.15, 0.2) is 0 Å². The van der Waals surface area contributed by atoms with Gasteiger partial charge in [-0.25, -0.2) is 4.98 Å². The Balaban J connectivity index is 3.02. The topological polar surface area (TPSA) is 84.9 Å². The van der Waals surface area contributed by atoms with Gasteiger partial charge < -0.3 is 10.5 Å². The van der Waals surface area contributed by atoms with Gasteiger partial charge in [-0.15, -0.1) is 0 Å². The highest BCUT2D eigenvalue weighted by molar-refractivity contribution is 5.95. The molecule has 0 fully saturated rings. The number of nitrogens with two attached hydrogens (primary N) is 1. The first-order chi connectivity index (χ1) is 7.04. The van der Waals surface area contributed by atoms with E-state index in [1.807, 2.05) is 20.8 Å². The zero-order valence-electron chi connectivity index (χ0n) is 9.24. The van der Waals surface area contributed by atoms with E-state index in [4.69, 9.17) is 15.9 Å². The van der Waals surface area contributed by atoms with Crippen LogP contribution in [0.3, 0.4) is 0 Å². The fourth-order valence-electron chi connectivity index (χ4n) is 1.16. The van der Waals surface area contributed by atoms with Crippen LogP contribution in [0.15, 0.2) is 6.20 Å². The Morgan fingerprint density at radius 2 is 2.27 bits per heavy atom. The SMILES string of the molecule is CCc1nc(OC(C)C)ncc1C(=N)N. The van der Waals surface area contributed by atoms with E-state index < -0.39 is 0 Å². The number of hydrogen-bond donors (Lipinski definition) is 2. The van der Waals surface area contributed by atoms with Crippen LogP contribution in [0.25, 0.3) is 0 Å². The first-order valence-electron chi connectivity index (χ1n) is 4.91. The summed E-state index contributed by atoms with van der Waals surface area (Å²) in [5, 5.41) is 7.35. The normalized spacial score (nSPS) is 10.4. The molecule has 0 aliphatic carbocycles. The van der Waals surface area contributed by atoms with Crippen LogP contribution >= 0.6 is 0 Å². The van der Waals surface area contributed by atoms with E-state index in [0.29, 0.717) is 18.0 Å². The maximum absolute atomic E-state index is 7.35. The molecule has 0 aromatic carbocycles. The van der Waals surface area contributed by atoms with E-state index in [1.165, 1.54) is 6.20 Å². The number of aromatic nitrogens is 2. The average molecular weight is 208 g/mol. The quantitative estimate of drug-likeness (QED) is 0.573. The summed E-state index contributed by atoms with van der Waals surface area (Å²) < 4.78 is 5.36. The van der Waals surface area contributed by atoms with Gasteiger partial charge in [0.1, 0.15) is 5.84 Å². The van der Waals surface area contributed by atoms with Crippen LogP contribution in [0.4, 0.5) is 0 Å². The van der Waals surface area contributed by atoms with Crippen LogP contribution in [0.1, 0.15) is 32.0 Å². The summed E-state index contributed by atoms with van der Waals surface area (Å²) in [7, 11) is 0. The third-order valence-corrected chi connectivity index (χ3v) is 1.81. The monoisotopic (exact) mass is 208 g/mol. The van der Waals surface area contributed by atoms with Crippen molar-refractivity contribution in [2.45, 2.75) is 33.3 Å². The van der Waals surface area contributed by atoms with Gasteiger partial charge >= 0.3 is 6.01 Å². The Morgan fingerprint density at radius 3 is 2.73 bits per heavy atom. The van der Waals surface area contributed by atoms with E-state index in [9.17, 15) is 0 Å². The zero-order valence-corrected chi connectivity index (χ0v) is 9.24. The largest absolute Gasteiger partial charge is 0.461 e. The van der Waals surface area contributed by atoms with Crippen LogP contribution in [0, 0.1) is 5.41 Å². The smallest absolute Gasteiger partial charge is 0.316 e. The lowest BCUT2D eigenvalue weighted by molar-refractivity contribution is 0.221. The van der Waals surface area contributed by atoms with Crippen LogP contribution in [-0.4, -0.2) is 21.9 Å².